The summed E-state index contributed by atoms with van der Waals surface area (Å²) in [5.74, 6) is 1.74. The zero-order valence-electron chi connectivity index (χ0n) is 48.3. The Morgan fingerprint density at radius 3 is 0.743 bits per heavy atom. The van der Waals surface area contributed by atoms with E-state index in [1.807, 2.05) is 0 Å². The molecule has 0 aromatic carbocycles. The molecule has 0 saturated heterocycles. The summed E-state index contributed by atoms with van der Waals surface area (Å²) in [4.78, 5) is 38.3. The molecule has 416 valence electrons. The van der Waals surface area contributed by atoms with Gasteiger partial charge in [-0.15, -0.1) is 0 Å². The summed E-state index contributed by atoms with van der Waals surface area (Å²) in [6.45, 7) is 13.8. The first-order chi connectivity index (χ1) is 34.1. The summed E-state index contributed by atoms with van der Waals surface area (Å²) in [5.41, 5.74) is 0. The Bertz CT molecular complexity index is 1090. The highest BCUT2D eigenvalue weighted by atomic mass is 16.6. The quantitative estimate of drug-likeness (QED) is 0.0343. The van der Waals surface area contributed by atoms with Crippen LogP contribution in [0, 0.1) is 17.8 Å². The first-order valence-corrected chi connectivity index (χ1v) is 31.6. The second-order valence-corrected chi connectivity index (χ2v) is 23.2. The smallest absolute Gasteiger partial charge is 0.306 e. The molecule has 70 heavy (non-hydrogen) atoms. The minimum Gasteiger partial charge on any atom is -0.462 e. The number of carbonyl (C=O) groups excluding carboxylic acids is 3. The lowest BCUT2D eigenvalue weighted by Gasteiger charge is -2.18. The Labute approximate surface area is 438 Å². The van der Waals surface area contributed by atoms with Crippen molar-refractivity contribution in [3.05, 3.63) is 0 Å². The van der Waals surface area contributed by atoms with Gasteiger partial charge in [-0.05, 0) is 37.0 Å². The molecule has 2 atom stereocenters. The number of unbranched alkanes of at least 4 members (excludes halogenated alkanes) is 39. The van der Waals surface area contributed by atoms with Gasteiger partial charge < -0.3 is 14.2 Å². The minimum atomic E-state index is -0.764. The van der Waals surface area contributed by atoms with Crippen LogP contribution in [0.4, 0.5) is 0 Å². The number of rotatable bonds is 57. The lowest BCUT2D eigenvalue weighted by molar-refractivity contribution is -0.167. The monoisotopic (exact) mass is 989 g/mol. The molecule has 6 heteroatoms. The number of ether oxygens (including phenoxy) is 3. The van der Waals surface area contributed by atoms with Crippen LogP contribution in [0.25, 0.3) is 0 Å². The van der Waals surface area contributed by atoms with Crippen LogP contribution in [0.3, 0.4) is 0 Å². The fourth-order valence-corrected chi connectivity index (χ4v) is 9.85. The highest BCUT2D eigenvalue weighted by molar-refractivity contribution is 5.71. The Balaban J connectivity index is 4.25. The molecule has 0 aromatic rings. The molecule has 0 rings (SSSR count). The fourth-order valence-electron chi connectivity index (χ4n) is 9.85. The SMILES string of the molecule is CCC(C)CCCCCCCCCCCCCCCCCCCCC(=O)OC[C@@H](COC(=O)CCCCCCCCCCCCCCCC(C)C)OC(=O)CCCCCCCCCCCCCC(C)C. The lowest BCUT2D eigenvalue weighted by atomic mass is 9.99. The first kappa shape index (κ1) is 68.4. The highest BCUT2D eigenvalue weighted by Gasteiger charge is 2.19. The van der Waals surface area contributed by atoms with E-state index in [2.05, 4.69) is 41.5 Å². The first-order valence-electron chi connectivity index (χ1n) is 31.6. The van der Waals surface area contributed by atoms with E-state index in [4.69, 9.17) is 14.2 Å². The van der Waals surface area contributed by atoms with Gasteiger partial charge in [-0.3, -0.25) is 14.4 Å². The topological polar surface area (TPSA) is 78.9 Å². The summed E-state index contributed by atoms with van der Waals surface area (Å²) < 4.78 is 16.9. The van der Waals surface area contributed by atoms with Crippen LogP contribution in [-0.4, -0.2) is 37.2 Å². The molecule has 1 unspecified atom stereocenters. The summed E-state index contributed by atoms with van der Waals surface area (Å²) in [7, 11) is 0. The summed E-state index contributed by atoms with van der Waals surface area (Å²) in [5, 5.41) is 0. The van der Waals surface area contributed by atoms with Crippen LogP contribution in [-0.2, 0) is 28.6 Å². The maximum absolute atomic E-state index is 12.9. The molecule has 0 N–H and O–H groups in total. The van der Waals surface area contributed by atoms with Gasteiger partial charge in [0.1, 0.15) is 13.2 Å². The third-order valence-electron chi connectivity index (χ3n) is 15.0. The van der Waals surface area contributed by atoms with E-state index in [0.29, 0.717) is 19.3 Å². The van der Waals surface area contributed by atoms with Crippen molar-refractivity contribution in [1.82, 2.24) is 0 Å². The zero-order valence-corrected chi connectivity index (χ0v) is 48.3. The largest absolute Gasteiger partial charge is 0.462 e. The average Bonchev–Trinajstić information content (AvgIpc) is 3.33. The van der Waals surface area contributed by atoms with E-state index in [9.17, 15) is 14.4 Å². The predicted octanol–water partition coefficient (Wildman–Crippen LogP) is 21.1. The molecule has 0 aromatic heterocycles. The third kappa shape index (κ3) is 55.7. The Kier molecular flexibility index (Phi) is 53.9. The normalized spacial score (nSPS) is 12.5. The van der Waals surface area contributed by atoms with Gasteiger partial charge in [0.15, 0.2) is 6.10 Å². The maximum Gasteiger partial charge on any atom is 0.306 e. The number of hydrogen-bond donors (Lipinski definition) is 0. The van der Waals surface area contributed by atoms with Crippen molar-refractivity contribution in [1.29, 1.82) is 0 Å². The van der Waals surface area contributed by atoms with Gasteiger partial charge in [-0.1, -0.05) is 318 Å². The number of carbonyl (C=O) groups is 3. The van der Waals surface area contributed by atoms with Crippen molar-refractivity contribution >= 4 is 17.9 Å². The minimum absolute atomic E-state index is 0.0629. The van der Waals surface area contributed by atoms with Gasteiger partial charge in [0.25, 0.3) is 0 Å². The van der Waals surface area contributed by atoms with Crippen molar-refractivity contribution < 1.29 is 28.6 Å². The molecular formula is C64H124O6. The van der Waals surface area contributed by atoms with Crippen LogP contribution < -0.4 is 0 Å². The van der Waals surface area contributed by atoms with Crippen molar-refractivity contribution in [3.8, 4) is 0 Å². The van der Waals surface area contributed by atoms with E-state index < -0.39 is 6.10 Å². The van der Waals surface area contributed by atoms with Crippen LogP contribution in [0.1, 0.15) is 356 Å². The average molecular weight is 990 g/mol. The Morgan fingerprint density at radius 2 is 0.500 bits per heavy atom. The molecule has 0 radical (unpaired) electrons. The van der Waals surface area contributed by atoms with Crippen molar-refractivity contribution in [2.24, 2.45) is 17.8 Å². The van der Waals surface area contributed by atoms with Crippen molar-refractivity contribution in [2.45, 2.75) is 362 Å². The van der Waals surface area contributed by atoms with Gasteiger partial charge in [0.2, 0.25) is 0 Å². The van der Waals surface area contributed by atoms with Crippen LogP contribution in [0.15, 0.2) is 0 Å². The van der Waals surface area contributed by atoms with Crippen molar-refractivity contribution in [3.63, 3.8) is 0 Å². The van der Waals surface area contributed by atoms with E-state index in [-0.39, 0.29) is 31.1 Å². The molecule has 0 saturated carbocycles. The summed E-state index contributed by atoms with van der Waals surface area (Å²) >= 11 is 0. The Morgan fingerprint density at radius 1 is 0.286 bits per heavy atom. The van der Waals surface area contributed by atoms with Gasteiger partial charge in [-0.25, -0.2) is 0 Å². The summed E-state index contributed by atoms with van der Waals surface area (Å²) in [6.07, 6.45) is 59.6. The Hall–Kier alpha value is -1.59. The van der Waals surface area contributed by atoms with E-state index in [0.717, 1.165) is 75.5 Å². The predicted molar refractivity (Wildman–Crippen MR) is 303 cm³/mol. The molecule has 0 aliphatic heterocycles. The zero-order chi connectivity index (χ0) is 51.2. The third-order valence-corrected chi connectivity index (χ3v) is 15.0. The molecule has 0 amide bonds. The maximum atomic E-state index is 12.9. The molecule has 0 fully saturated rings. The van der Waals surface area contributed by atoms with E-state index >= 15 is 0 Å². The van der Waals surface area contributed by atoms with E-state index in [1.165, 1.54) is 238 Å². The van der Waals surface area contributed by atoms with Crippen molar-refractivity contribution in [2.75, 3.05) is 13.2 Å². The van der Waals surface area contributed by atoms with Crippen LogP contribution >= 0.6 is 0 Å². The standard InChI is InChI=1S/C64H124O6/c1-7-60(6)52-46-40-34-28-22-16-12-10-8-9-11-13-17-23-29-35-41-47-53-62(65)68-56-61(70-64(67)55-49-43-37-31-25-19-21-27-33-39-45-51-59(4)5)57-69-63(66)54-48-42-36-30-24-18-14-15-20-26-32-38-44-50-58(2)3/h58-61H,7-57H2,1-6H3/t60?,61-/m0/s1. The molecule has 0 aliphatic carbocycles. The molecule has 0 spiro atoms. The molecule has 6 nitrogen and oxygen atoms in total. The van der Waals surface area contributed by atoms with Gasteiger partial charge in [0.05, 0.1) is 0 Å². The number of hydrogen-bond acceptors (Lipinski definition) is 6. The fraction of sp³-hybridized carbons (Fsp3) is 0.953. The molecular weight excluding hydrogens is 865 g/mol. The molecule has 0 bridgehead atoms. The molecule has 0 aliphatic rings. The molecule has 0 heterocycles. The van der Waals surface area contributed by atoms with Crippen LogP contribution in [0.2, 0.25) is 0 Å². The van der Waals surface area contributed by atoms with E-state index in [1.54, 1.807) is 0 Å². The van der Waals surface area contributed by atoms with Gasteiger partial charge >= 0.3 is 17.9 Å². The second kappa shape index (κ2) is 55.2. The summed E-state index contributed by atoms with van der Waals surface area (Å²) in [6, 6.07) is 0. The van der Waals surface area contributed by atoms with Crippen LogP contribution in [0.5, 0.6) is 0 Å². The lowest BCUT2D eigenvalue weighted by Crippen LogP contribution is -2.30. The highest BCUT2D eigenvalue weighted by Crippen LogP contribution is 2.19. The number of esters is 3. The second-order valence-electron chi connectivity index (χ2n) is 23.2. The van der Waals surface area contributed by atoms with Gasteiger partial charge in [0, 0.05) is 19.3 Å². The van der Waals surface area contributed by atoms with Gasteiger partial charge in [-0.2, -0.15) is 0 Å².